The second kappa shape index (κ2) is 4.15. The Morgan fingerprint density at radius 1 is 1.69 bits per heavy atom. The summed E-state index contributed by atoms with van der Waals surface area (Å²) in [6.07, 6.45) is 5.41. The lowest BCUT2D eigenvalue weighted by Crippen LogP contribution is -2.41. The number of aromatic nitrogens is 2. The Morgan fingerprint density at radius 2 is 2.44 bits per heavy atom. The second-order valence-electron chi connectivity index (χ2n) is 4.88. The third-order valence-electron chi connectivity index (χ3n) is 3.24. The van der Waals surface area contributed by atoms with Gasteiger partial charge in [0.05, 0.1) is 0 Å². The predicted molar refractivity (Wildman–Crippen MR) is 61.6 cm³/mol. The van der Waals surface area contributed by atoms with Crippen LogP contribution in [0.2, 0.25) is 0 Å². The predicted octanol–water partition coefficient (Wildman–Crippen LogP) is 0.772. The van der Waals surface area contributed by atoms with E-state index in [2.05, 4.69) is 17.3 Å². The normalized spacial score (nSPS) is 17.8. The Balaban J connectivity index is 1.76. The Kier molecular flexibility index (Phi) is 2.85. The molecular formula is C11H18N4O. The van der Waals surface area contributed by atoms with Crippen LogP contribution in [0.1, 0.15) is 26.2 Å². The quantitative estimate of drug-likeness (QED) is 0.790. The summed E-state index contributed by atoms with van der Waals surface area (Å²) >= 11 is 0. The Labute approximate surface area is 95.0 Å². The summed E-state index contributed by atoms with van der Waals surface area (Å²) in [6, 6.07) is 1.68. The summed E-state index contributed by atoms with van der Waals surface area (Å²) in [4.78, 5) is 11.6. The first-order valence-corrected chi connectivity index (χ1v) is 5.63. The van der Waals surface area contributed by atoms with Gasteiger partial charge in [-0.05, 0) is 24.3 Å². The third-order valence-corrected chi connectivity index (χ3v) is 3.24. The first-order chi connectivity index (χ1) is 7.57. The van der Waals surface area contributed by atoms with E-state index in [1.165, 1.54) is 19.3 Å². The fraction of sp³-hybridized carbons (Fsp3) is 0.636. The lowest BCUT2D eigenvalue weighted by atomic mass is 9.70. The van der Waals surface area contributed by atoms with Gasteiger partial charge in [-0.1, -0.05) is 13.3 Å². The van der Waals surface area contributed by atoms with E-state index >= 15 is 0 Å². The lowest BCUT2D eigenvalue weighted by molar-refractivity contribution is -0.122. The summed E-state index contributed by atoms with van der Waals surface area (Å²) < 4.78 is 1.55. The molecule has 0 atom stereocenters. The van der Waals surface area contributed by atoms with Gasteiger partial charge in [0.25, 0.3) is 0 Å². The van der Waals surface area contributed by atoms with E-state index in [9.17, 15) is 4.79 Å². The van der Waals surface area contributed by atoms with Crippen molar-refractivity contribution in [1.82, 2.24) is 15.1 Å². The molecular weight excluding hydrogens is 204 g/mol. The number of nitrogens with two attached hydrogens (primary N) is 1. The standard InChI is InChI=1S/C11H18N4O/c1-11(4-2-5-11)8-13-10(16)7-15-6-3-9(12)14-15/h3,6H,2,4-5,7-8H2,1H3,(H2,12,14)(H,13,16). The van der Waals surface area contributed by atoms with E-state index in [-0.39, 0.29) is 12.5 Å². The van der Waals surface area contributed by atoms with E-state index in [4.69, 9.17) is 5.73 Å². The van der Waals surface area contributed by atoms with Crippen molar-refractivity contribution in [3.8, 4) is 0 Å². The van der Waals surface area contributed by atoms with Crippen LogP contribution in [0.25, 0.3) is 0 Å². The maximum absolute atomic E-state index is 11.6. The first-order valence-electron chi connectivity index (χ1n) is 5.63. The molecule has 16 heavy (non-hydrogen) atoms. The third kappa shape index (κ3) is 2.53. The Morgan fingerprint density at radius 3 is 2.94 bits per heavy atom. The maximum atomic E-state index is 11.6. The number of nitrogen functional groups attached to an aromatic ring is 1. The van der Waals surface area contributed by atoms with Gasteiger partial charge in [0.1, 0.15) is 12.4 Å². The summed E-state index contributed by atoms with van der Waals surface area (Å²) in [7, 11) is 0. The van der Waals surface area contributed by atoms with Crippen molar-refractivity contribution in [1.29, 1.82) is 0 Å². The van der Waals surface area contributed by atoms with Crippen molar-refractivity contribution in [2.75, 3.05) is 12.3 Å². The fourth-order valence-corrected chi connectivity index (χ4v) is 1.94. The van der Waals surface area contributed by atoms with Gasteiger partial charge in [0.2, 0.25) is 5.91 Å². The monoisotopic (exact) mass is 222 g/mol. The summed E-state index contributed by atoms with van der Waals surface area (Å²) in [6.45, 7) is 3.22. The van der Waals surface area contributed by atoms with Crippen molar-refractivity contribution < 1.29 is 4.79 Å². The highest BCUT2D eigenvalue weighted by atomic mass is 16.2. The zero-order chi connectivity index (χ0) is 11.6. The second-order valence-corrected chi connectivity index (χ2v) is 4.88. The minimum absolute atomic E-state index is 0.00350. The van der Waals surface area contributed by atoms with E-state index < -0.39 is 0 Å². The highest BCUT2D eigenvalue weighted by Crippen LogP contribution is 2.39. The molecule has 1 aromatic heterocycles. The summed E-state index contributed by atoms with van der Waals surface area (Å²) in [5, 5.41) is 6.91. The highest BCUT2D eigenvalue weighted by Gasteiger charge is 2.31. The summed E-state index contributed by atoms with van der Waals surface area (Å²) in [5.74, 6) is 0.440. The van der Waals surface area contributed by atoms with Crippen LogP contribution in [-0.4, -0.2) is 22.2 Å². The average molecular weight is 222 g/mol. The molecule has 1 aliphatic rings. The number of nitrogens with one attached hydrogen (secondary N) is 1. The van der Waals surface area contributed by atoms with Crippen molar-refractivity contribution in [3.63, 3.8) is 0 Å². The SMILES string of the molecule is CC1(CNC(=O)Cn2ccc(N)n2)CCC1. The molecule has 0 aromatic carbocycles. The van der Waals surface area contributed by atoms with Crippen molar-refractivity contribution in [2.45, 2.75) is 32.7 Å². The molecule has 0 spiro atoms. The molecule has 1 saturated carbocycles. The smallest absolute Gasteiger partial charge is 0.241 e. The van der Waals surface area contributed by atoms with Crippen LogP contribution in [0.3, 0.4) is 0 Å². The molecule has 0 radical (unpaired) electrons. The van der Waals surface area contributed by atoms with Gasteiger partial charge in [0, 0.05) is 12.7 Å². The number of anilines is 1. The van der Waals surface area contributed by atoms with Crippen LogP contribution in [0, 0.1) is 5.41 Å². The van der Waals surface area contributed by atoms with E-state index in [0.717, 1.165) is 6.54 Å². The van der Waals surface area contributed by atoms with Crippen molar-refractivity contribution >= 4 is 11.7 Å². The fourth-order valence-electron chi connectivity index (χ4n) is 1.94. The topological polar surface area (TPSA) is 72.9 Å². The van der Waals surface area contributed by atoms with Gasteiger partial charge in [-0.3, -0.25) is 9.48 Å². The van der Waals surface area contributed by atoms with Gasteiger partial charge in [0.15, 0.2) is 0 Å². The molecule has 1 aromatic rings. The molecule has 5 nitrogen and oxygen atoms in total. The minimum atomic E-state index is -0.00350. The number of hydrogen-bond acceptors (Lipinski definition) is 3. The number of nitrogens with zero attached hydrogens (tertiary/aromatic N) is 2. The molecule has 2 rings (SSSR count). The van der Waals surface area contributed by atoms with Gasteiger partial charge < -0.3 is 11.1 Å². The number of carbonyl (C=O) groups excluding carboxylic acids is 1. The molecule has 1 amide bonds. The highest BCUT2D eigenvalue weighted by molar-refractivity contribution is 5.75. The molecule has 1 fully saturated rings. The van der Waals surface area contributed by atoms with Gasteiger partial charge in [-0.25, -0.2) is 0 Å². The average Bonchev–Trinajstić information content (AvgIpc) is 2.58. The van der Waals surface area contributed by atoms with Crippen LogP contribution >= 0.6 is 0 Å². The molecule has 88 valence electrons. The zero-order valence-corrected chi connectivity index (χ0v) is 9.57. The molecule has 1 heterocycles. The molecule has 1 aliphatic carbocycles. The van der Waals surface area contributed by atoms with Crippen LogP contribution in [0.5, 0.6) is 0 Å². The summed E-state index contributed by atoms with van der Waals surface area (Å²) in [5.41, 5.74) is 5.78. The van der Waals surface area contributed by atoms with E-state index in [0.29, 0.717) is 11.2 Å². The largest absolute Gasteiger partial charge is 0.382 e. The van der Waals surface area contributed by atoms with E-state index in [1.54, 1.807) is 16.9 Å². The van der Waals surface area contributed by atoms with Crippen molar-refractivity contribution in [3.05, 3.63) is 12.3 Å². The van der Waals surface area contributed by atoms with Gasteiger partial charge >= 0.3 is 0 Å². The zero-order valence-electron chi connectivity index (χ0n) is 9.57. The van der Waals surface area contributed by atoms with Crippen LogP contribution in [0.4, 0.5) is 5.82 Å². The molecule has 3 N–H and O–H groups in total. The first kappa shape index (κ1) is 11.0. The van der Waals surface area contributed by atoms with Crippen LogP contribution < -0.4 is 11.1 Å². The lowest BCUT2D eigenvalue weighted by Gasteiger charge is -2.38. The Hall–Kier alpha value is -1.52. The molecule has 0 unspecified atom stereocenters. The van der Waals surface area contributed by atoms with E-state index in [1.807, 2.05) is 0 Å². The molecule has 0 aliphatic heterocycles. The van der Waals surface area contributed by atoms with Gasteiger partial charge in [-0.15, -0.1) is 0 Å². The molecule has 5 heteroatoms. The van der Waals surface area contributed by atoms with Crippen LogP contribution in [-0.2, 0) is 11.3 Å². The van der Waals surface area contributed by atoms with Gasteiger partial charge in [-0.2, -0.15) is 5.10 Å². The number of rotatable bonds is 4. The van der Waals surface area contributed by atoms with Crippen LogP contribution in [0.15, 0.2) is 12.3 Å². The number of hydrogen-bond donors (Lipinski definition) is 2. The molecule has 0 saturated heterocycles. The molecule has 0 bridgehead atoms. The minimum Gasteiger partial charge on any atom is -0.382 e. The van der Waals surface area contributed by atoms with Crippen molar-refractivity contribution in [2.24, 2.45) is 5.41 Å². The number of carbonyl (C=O) groups is 1. The maximum Gasteiger partial charge on any atom is 0.241 e. The number of amides is 1. The Bertz CT molecular complexity index is 381.